The molecule has 0 fully saturated rings. The van der Waals surface area contributed by atoms with Gasteiger partial charge in [-0.25, -0.2) is 14.8 Å². The summed E-state index contributed by atoms with van der Waals surface area (Å²) in [5, 5.41) is 0. The lowest BCUT2D eigenvalue weighted by Crippen LogP contribution is -2.05. The molecule has 19 heavy (non-hydrogen) atoms. The fraction of sp³-hybridized carbons (Fsp3) is 0.333. The van der Waals surface area contributed by atoms with Gasteiger partial charge in [-0.1, -0.05) is 0 Å². The Balaban J connectivity index is 2.32. The van der Waals surface area contributed by atoms with Gasteiger partial charge in [0.2, 0.25) is 11.8 Å². The van der Waals surface area contributed by atoms with Crippen LogP contribution in [0.3, 0.4) is 0 Å². The molecule has 0 aliphatic heterocycles. The number of aryl methyl sites for hydroxylation is 1. The highest BCUT2D eigenvalue weighted by molar-refractivity contribution is 5.86. The Kier molecular flexibility index (Phi) is 3.74. The lowest BCUT2D eigenvalue weighted by atomic mass is 10.4. The van der Waals surface area contributed by atoms with Crippen LogP contribution in [0.15, 0.2) is 18.6 Å². The maximum atomic E-state index is 11.5. The van der Waals surface area contributed by atoms with Crippen LogP contribution in [0.1, 0.15) is 23.1 Å². The van der Waals surface area contributed by atoms with E-state index in [9.17, 15) is 4.79 Å². The van der Waals surface area contributed by atoms with Crippen LogP contribution < -0.4 is 4.74 Å². The van der Waals surface area contributed by atoms with E-state index in [0.717, 1.165) is 5.69 Å². The van der Waals surface area contributed by atoms with Crippen LogP contribution in [-0.2, 0) is 4.74 Å². The molecular weight excluding hydrogens is 248 g/mol. The average molecular weight is 262 g/mol. The Morgan fingerprint density at radius 3 is 2.89 bits per heavy atom. The third-order valence-electron chi connectivity index (χ3n) is 2.33. The molecule has 0 spiro atoms. The molecule has 2 aromatic heterocycles. The molecule has 0 aliphatic rings. The van der Waals surface area contributed by atoms with Gasteiger partial charge in [-0.05, 0) is 13.8 Å². The van der Waals surface area contributed by atoms with E-state index < -0.39 is 5.97 Å². The van der Waals surface area contributed by atoms with Crippen molar-refractivity contribution in [1.82, 2.24) is 19.5 Å². The predicted octanol–water partition coefficient (Wildman–Crippen LogP) is 1.16. The van der Waals surface area contributed by atoms with Crippen molar-refractivity contribution in [2.24, 2.45) is 0 Å². The Hall–Kier alpha value is -2.44. The van der Waals surface area contributed by atoms with Gasteiger partial charge >= 0.3 is 5.97 Å². The number of hydrogen-bond acceptors (Lipinski definition) is 6. The third-order valence-corrected chi connectivity index (χ3v) is 2.33. The summed E-state index contributed by atoms with van der Waals surface area (Å²) < 4.78 is 11.5. The van der Waals surface area contributed by atoms with Gasteiger partial charge < -0.3 is 9.47 Å². The first-order chi connectivity index (χ1) is 9.13. The van der Waals surface area contributed by atoms with Gasteiger partial charge in [0.05, 0.1) is 13.7 Å². The Labute approximate surface area is 110 Å². The molecule has 7 nitrogen and oxygen atoms in total. The molecule has 2 aromatic rings. The molecule has 0 N–H and O–H groups in total. The van der Waals surface area contributed by atoms with E-state index in [-0.39, 0.29) is 5.69 Å². The number of carbonyl (C=O) groups is 1. The molecule has 0 saturated heterocycles. The number of nitrogens with zero attached hydrogens (tertiary/aromatic N) is 4. The fourth-order valence-corrected chi connectivity index (χ4v) is 1.49. The topological polar surface area (TPSA) is 79.1 Å². The summed E-state index contributed by atoms with van der Waals surface area (Å²) >= 11 is 0. The molecule has 0 bridgehead atoms. The lowest BCUT2D eigenvalue weighted by molar-refractivity contribution is 0.0520. The van der Waals surface area contributed by atoms with Crippen LogP contribution in [0.25, 0.3) is 5.95 Å². The summed E-state index contributed by atoms with van der Waals surface area (Å²) in [6.45, 7) is 3.88. The highest BCUT2D eigenvalue weighted by Crippen LogP contribution is 2.12. The summed E-state index contributed by atoms with van der Waals surface area (Å²) in [5.74, 6) is 0.370. The quantitative estimate of drug-likeness (QED) is 0.769. The van der Waals surface area contributed by atoms with Crippen LogP contribution in [0.4, 0.5) is 0 Å². The second-order valence-corrected chi connectivity index (χ2v) is 3.74. The molecule has 0 unspecified atom stereocenters. The lowest BCUT2D eigenvalue weighted by Gasteiger charge is -2.04. The van der Waals surface area contributed by atoms with Gasteiger partial charge in [0.15, 0.2) is 5.69 Å². The number of carbonyl (C=O) groups excluding carboxylic acids is 1. The molecule has 2 rings (SSSR count). The van der Waals surface area contributed by atoms with Crippen LogP contribution in [0.5, 0.6) is 5.88 Å². The molecule has 0 radical (unpaired) electrons. The molecule has 0 amide bonds. The minimum absolute atomic E-state index is 0.214. The van der Waals surface area contributed by atoms with E-state index in [1.165, 1.54) is 19.6 Å². The molecule has 0 saturated carbocycles. The maximum absolute atomic E-state index is 11.5. The highest BCUT2D eigenvalue weighted by atomic mass is 16.5. The van der Waals surface area contributed by atoms with Gasteiger partial charge in [-0.3, -0.25) is 4.57 Å². The summed E-state index contributed by atoms with van der Waals surface area (Å²) in [4.78, 5) is 23.9. The van der Waals surface area contributed by atoms with Crippen molar-refractivity contribution >= 4 is 5.97 Å². The second kappa shape index (κ2) is 5.47. The van der Waals surface area contributed by atoms with Crippen molar-refractivity contribution in [3.8, 4) is 11.8 Å². The van der Waals surface area contributed by atoms with Crippen molar-refractivity contribution in [2.75, 3.05) is 13.7 Å². The predicted molar refractivity (Wildman–Crippen MR) is 66.4 cm³/mol. The minimum atomic E-state index is -0.471. The molecule has 0 atom stereocenters. The Bertz CT molecular complexity index is 594. The van der Waals surface area contributed by atoms with E-state index in [0.29, 0.717) is 18.4 Å². The van der Waals surface area contributed by atoms with Crippen LogP contribution >= 0.6 is 0 Å². The number of rotatable bonds is 4. The first-order valence-electron chi connectivity index (χ1n) is 5.75. The van der Waals surface area contributed by atoms with Crippen LogP contribution in [-0.4, -0.2) is 39.2 Å². The van der Waals surface area contributed by atoms with Crippen molar-refractivity contribution in [1.29, 1.82) is 0 Å². The van der Waals surface area contributed by atoms with E-state index in [1.54, 1.807) is 17.6 Å². The van der Waals surface area contributed by atoms with Crippen molar-refractivity contribution in [2.45, 2.75) is 13.8 Å². The standard InChI is InChI=1S/C12H14N4O3/c1-4-19-11(17)9-6-16(7-13-9)12-14-8(2)5-10(15-12)18-3/h5-7H,4H2,1-3H3. The zero-order valence-electron chi connectivity index (χ0n) is 11.0. The van der Waals surface area contributed by atoms with E-state index in [4.69, 9.17) is 9.47 Å². The summed E-state index contributed by atoms with van der Waals surface area (Å²) in [7, 11) is 1.53. The third kappa shape index (κ3) is 2.87. The largest absolute Gasteiger partial charge is 0.481 e. The fourth-order valence-electron chi connectivity index (χ4n) is 1.49. The molecular formula is C12H14N4O3. The van der Waals surface area contributed by atoms with Crippen molar-refractivity contribution in [3.63, 3.8) is 0 Å². The summed E-state index contributed by atoms with van der Waals surface area (Å²) in [6.07, 6.45) is 2.98. The number of hydrogen-bond donors (Lipinski definition) is 0. The van der Waals surface area contributed by atoms with E-state index in [2.05, 4.69) is 15.0 Å². The smallest absolute Gasteiger partial charge is 0.358 e. The zero-order chi connectivity index (χ0) is 13.8. The molecule has 100 valence electrons. The second-order valence-electron chi connectivity index (χ2n) is 3.74. The number of ether oxygens (including phenoxy) is 2. The van der Waals surface area contributed by atoms with Crippen LogP contribution in [0.2, 0.25) is 0 Å². The van der Waals surface area contributed by atoms with Crippen molar-refractivity contribution < 1.29 is 14.3 Å². The van der Waals surface area contributed by atoms with Gasteiger partial charge in [0, 0.05) is 18.0 Å². The average Bonchev–Trinajstić information content (AvgIpc) is 2.88. The summed E-state index contributed by atoms with van der Waals surface area (Å²) in [5.41, 5.74) is 0.971. The maximum Gasteiger partial charge on any atom is 0.358 e. The first-order valence-corrected chi connectivity index (χ1v) is 5.75. The molecule has 7 heteroatoms. The zero-order valence-corrected chi connectivity index (χ0v) is 11.0. The normalized spacial score (nSPS) is 10.3. The highest BCUT2D eigenvalue weighted by Gasteiger charge is 2.12. The SMILES string of the molecule is CCOC(=O)c1cn(-c2nc(C)cc(OC)n2)cn1. The van der Waals surface area contributed by atoms with Crippen LogP contribution in [0, 0.1) is 6.92 Å². The monoisotopic (exact) mass is 262 g/mol. The molecule has 0 aliphatic carbocycles. The van der Waals surface area contributed by atoms with E-state index in [1.807, 2.05) is 6.92 Å². The number of imidazole rings is 1. The number of aromatic nitrogens is 4. The molecule has 0 aromatic carbocycles. The van der Waals surface area contributed by atoms with Gasteiger partial charge in [0.1, 0.15) is 6.33 Å². The Morgan fingerprint density at radius 2 is 2.21 bits per heavy atom. The Morgan fingerprint density at radius 1 is 1.42 bits per heavy atom. The number of methoxy groups -OCH3 is 1. The van der Waals surface area contributed by atoms with E-state index >= 15 is 0 Å². The number of esters is 1. The van der Waals surface area contributed by atoms with Gasteiger partial charge in [-0.15, -0.1) is 0 Å². The van der Waals surface area contributed by atoms with Gasteiger partial charge in [0.25, 0.3) is 0 Å². The van der Waals surface area contributed by atoms with Crippen molar-refractivity contribution in [3.05, 3.63) is 30.0 Å². The van der Waals surface area contributed by atoms with Gasteiger partial charge in [-0.2, -0.15) is 4.98 Å². The first kappa shape index (κ1) is 13.0. The minimum Gasteiger partial charge on any atom is -0.481 e. The summed E-state index contributed by atoms with van der Waals surface area (Å²) in [6, 6.07) is 1.71. The molecule has 2 heterocycles.